The van der Waals surface area contributed by atoms with E-state index in [1.165, 1.54) is 12.1 Å². The molecule has 0 fully saturated rings. The molecule has 0 unspecified atom stereocenters. The molecule has 0 radical (unpaired) electrons. The molecule has 1 aliphatic heterocycles. The number of aryl methyl sites for hydroxylation is 1. The van der Waals surface area contributed by atoms with Crippen LogP contribution in [-0.2, 0) is 6.54 Å². The topological polar surface area (TPSA) is 70.3 Å². The fourth-order valence-electron chi connectivity index (χ4n) is 3.58. The van der Waals surface area contributed by atoms with Crippen LogP contribution in [0.2, 0.25) is 0 Å². The highest BCUT2D eigenvalue weighted by atomic mass is 19.1. The summed E-state index contributed by atoms with van der Waals surface area (Å²) < 4.78 is 27.6. The number of aromatic nitrogens is 3. The Labute approximate surface area is 177 Å². The van der Waals surface area contributed by atoms with Crippen molar-refractivity contribution in [2.45, 2.75) is 13.5 Å². The molecular weight excluding hydrogens is 399 g/mol. The Balaban J connectivity index is 1.48. The molecule has 7 nitrogen and oxygen atoms in total. The minimum Gasteiger partial charge on any atom is -0.454 e. The molecule has 8 heteroatoms. The van der Waals surface area contributed by atoms with Gasteiger partial charge in [-0.1, -0.05) is 6.07 Å². The highest BCUT2D eigenvalue weighted by molar-refractivity contribution is 5.98. The quantitative estimate of drug-likeness (QED) is 0.536. The van der Waals surface area contributed by atoms with Crippen molar-refractivity contribution in [3.8, 4) is 23.0 Å². The van der Waals surface area contributed by atoms with E-state index in [-0.39, 0.29) is 18.5 Å². The number of nitrogens with one attached hydrogen (secondary N) is 1. The number of amides is 1. The molecule has 5 rings (SSSR count). The zero-order valence-corrected chi connectivity index (χ0v) is 16.7. The smallest absolute Gasteiger partial charge is 0.257 e. The number of fused-ring (bicyclic) bond motifs is 1. The monoisotopic (exact) mass is 418 g/mol. The van der Waals surface area contributed by atoms with Crippen LogP contribution in [0.3, 0.4) is 0 Å². The van der Waals surface area contributed by atoms with Crippen LogP contribution < -0.4 is 14.8 Å². The highest BCUT2D eigenvalue weighted by Gasteiger charge is 2.24. The van der Waals surface area contributed by atoms with E-state index in [2.05, 4.69) is 10.4 Å². The van der Waals surface area contributed by atoms with E-state index < -0.39 is 0 Å². The van der Waals surface area contributed by atoms with E-state index in [1.54, 1.807) is 23.7 Å². The van der Waals surface area contributed by atoms with Crippen molar-refractivity contribution >= 4 is 5.91 Å². The fourth-order valence-corrected chi connectivity index (χ4v) is 3.58. The Hall–Kier alpha value is -4.07. The predicted molar refractivity (Wildman–Crippen MR) is 111 cm³/mol. The zero-order chi connectivity index (χ0) is 21.4. The number of halogens is 1. The minimum absolute atomic E-state index is 0.202. The maximum absolute atomic E-state index is 13.4. The largest absolute Gasteiger partial charge is 0.454 e. The van der Waals surface area contributed by atoms with Gasteiger partial charge in [0.05, 0.1) is 11.4 Å². The molecule has 0 aliphatic carbocycles. The molecule has 4 aromatic rings. The van der Waals surface area contributed by atoms with Crippen LogP contribution >= 0.6 is 0 Å². The van der Waals surface area contributed by atoms with Gasteiger partial charge in [0.2, 0.25) is 6.79 Å². The molecule has 156 valence electrons. The van der Waals surface area contributed by atoms with Gasteiger partial charge in [0.1, 0.15) is 11.4 Å². The molecule has 1 aliphatic rings. The van der Waals surface area contributed by atoms with E-state index in [9.17, 15) is 9.18 Å². The van der Waals surface area contributed by atoms with Crippen molar-refractivity contribution in [3.63, 3.8) is 0 Å². The standard InChI is InChI=1S/C23H19FN4O3/c1-15-21(22(29)25-13-16-4-9-19-20(12-16)31-14-30-19)23(27-10-2-3-11-27)28(26-15)18-7-5-17(24)6-8-18/h2-12H,13-14H2,1H3,(H,25,29). The summed E-state index contributed by atoms with van der Waals surface area (Å²) in [5.41, 5.74) is 2.56. The second kappa shape index (κ2) is 7.64. The predicted octanol–water partition coefficient (Wildman–Crippen LogP) is 3.77. The summed E-state index contributed by atoms with van der Waals surface area (Å²) in [6, 6.07) is 15.3. The summed E-state index contributed by atoms with van der Waals surface area (Å²) in [5.74, 6) is 1.35. The third-order valence-electron chi connectivity index (χ3n) is 5.07. The Morgan fingerprint density at radius 2 is 1.84 bits per heavy atom. The van der Waals surface area contributed by atoms with Gasteiger partial charge >= 0.3 is 0 Å². The van der Waals surface area contributed by atoms with Gasteiger partial charge in [-0.25, -0.2) is 9.07 Å². The Morgan fingerprint density at radius 3 is 2.61 bits per heavy atom. The molecule has 31 heavy (non-hydrogen) atoms. The summed E-state index contributed by atoms with van der Waals surface area (Å²) >= 11 is 0. The molecule has 0 saturated carbocycles. The average Bonchev–Trinajstić information content (AvgIpc) is 3.51. The Morgan fingerprint density at radius 1 is 1.10 bits per heavy atom. The van der Waals surface area contributed by atoms with Gasteiger partial charge in [0.15, 0.2) is 17.3 Å². The lowest BCUT2D eigenvalue weighted by Crippen LogP contribution is -2.24. The van der Waals surface area contributed by atoms with Crippen LogP contribution in [0.25, 0.3) is 11.5 Å². The Bertz CT molecular complexity index is 1250. The molecule has 0 spiro atoms. The van der Waals surface area contributed by atoms with Crippen LogP contribution in [0, 0.1) is 12.7 Å². The molecule has 2 aromatic carbocycles. The number of nitrogens with zero attached hydrogens (tertiary/aromatic N) is 3. The zero-order valence-electron chi connectivity index (χ0n) is 16.7. The normalized spacial score (nSPS) is 12.2. The van der Waals surface area contributed by atoms with E-state index in [0.29, 0.717) is 40.8 Å². The number of benzene rings is 2. The number of ether oxygens (including phenoxy) is 2. The van der Waals surface area contributed by atoms with Gasteiger partial charge in [0.25, 0.3) is 5.91 Å². The first-order chi connectivity index (χ1) is 15.1. The summed E-state index contributed by atoms with van der Waals surface area (Å²) in [6.45, 7) is 2.30. The van der Waals surface area contributed by atoms with Crippen molar-refractivity contribution in [1.82, 2.24) is 19.7 Å². The number of hydrogen-bond donors (Lipinski definition) is 1. The first-order valence-electron chi connectivity index (χ1n) is 9.76. The first kappa shape index (κ1) is 18.9. The van der Waals surface area contributed by atoms with Crippen molar-refractivity contribution in [1.29, 1.82) is 0 Å². The molecular formula is C23H19FN4O3. The molecule has 0 bridgehead atoms. The lowest BCUT2D eigenvalue weighted by Gasteiger charge is -2.11. The summed E-state index contributed by atoms with van der Waals surface area (Å²) in [6.07, 6.45) is 3.68. The van der Waals surface area contributed by atoms with Crippen LogP contribution in [-0.4, -0.2) is 27.0 Å². The molecule has 0 atom stereocenters. The SMILES string of the molecule is Cc1nn(-c2ccc(F)cc2)c(-n2cccc2)c1C(=O)NCc1ccc2c(c1)OCO2. The van der Waals surface area contributed by atoms with E-state index in [4.69, 9.17) is 9.47 Å². The summed E-state index contributed by atoms with van der Waals surface area (Å²) in [4.78, 5) is 13.2. The van der Waals surface area contributed by atoms with Crippen molar-refractivity contribution in [2.24, 2.45) is 0 Å². The van der Waals surface area contributed by atoms with Gasteiger partial charge in [0, 0.05) is 18.9 Å². The van der Waals surface area contributed by atoms with Crippen LogP contribution in [0.5, 0.6) is 11.5 Å². The van der Waals surface area contributed by atoms with Gasteiger partial charge < -0.3 is 19.4 Å². The van der Waals surface area contributed by atoms with Crippen LogP contribution in [0.15, 0.2) is 67.0 Å². The second-order valence-corrected chi connectivity index (χ2v) is 7.13. The van der Waals surface area contributed by atoms with Gasteiger partial charge in [-0.05, 0) is 61.0 Å². The van der Waals surface area contributed by atoms with Gasteiger partial charge in [-0.3, -0.25) is 4.79 Å². The molecule has 3 heterocycles. The summed E-state index contributed by atoms with van der Waals surface area (Å²) in [5, 5.41) is 7.53. The van der Waals surface area contributed by atoms with Crippen molar-refractivity contribution in [3.05, 3.63) is 89.6 Å². The highest BCUT2D eigenvalue weighted by Crippen LogP contribution is 2.32. The van der Waals surface area contributed by atoms with E-state index in [1.807, 2.05) is 47.3 Å². The Kier molecular flexibility index (Phi) is 4.66. The maximum Gasteiger partial charge on any atom is 0.257 e. The number of carbonyl (C=O) groups excluding carboxylic acids is 1. The number of rotatable bonds is 5. The van der Waals surface area contributed by atoms with E-state index in [0.717, 1.165) is 5.56 Å². The third-order valence-corrected chi connectivity index (χ3v) is 5.07. The van der Waals surface area contributed by atoms with Crippen LogP contribution in [0.1, 0.15) is 21.6 Å². The summed E-state index contributed by atoms with van der Waals surface area (Å²) in [7, 11) is 0. The van der Waals surface area contributed by atoms with E-state index >= 15 is 0 Å². The molecule has 1 N–H and O–H groups in total. The first-order valence-corrected chi connectivity index (χ1v) is 9.76. The average molecular weight is 418 g/mol. The van der Waals surface area contributed by atoms with Crippen molar-refractivity contribution in [2.75, 3.05) is 6.79 Å². The molecule has 1 amide bonds. The van der Waals surface area contributed by atoms with Crippen molar-refractivity contribution < 1.29 is 18.7 Å². The van der Waals surface area contributed by atoms with Crippen LogP contribution in [0.4, 0.5) is 4.39 Å². The number of hydrogen-bond acceptors (Lipinski definition) is 4. The molecule has 2 aromatic heterocycles. The third kappa shape index (κ3) is 3.52. The molecule has 0 saturated heterocycles. The second-order valence-electron chi connectivity index (χ2n) is 7.13. The lowest BCUT2D eigenvalue weighted by molar-refractivity contribution is 0.0950. The maximum atomic E-state index is 13.4. The van der Waals surface area contributed by atoms with Gasteiger partial charge in [-0.2, -0.15) is 5.10 Å². The minimum atomic E-state index is -0.336. The van der Waals surface area contributed by atoms with Gasteiger partial charge in [-0.15, -0.1) is 0 Å². The number of carbonyl (C=O) groups is 1. The lowest BCUT2D eigenvalue weighted by atomic mass is 10.1. The fraction of sp³-hybridized carbons (Fsp3) is 0.130.